The van der Waals surface area contributed by atoms with Crippen molar-refractivity contribution in [2.75, 3.05) is 18.8 Å². The molecule has 1 aliphatic heterocycles. The van der Waals surface area contributed by atoms with Gasteiger partial charge in [-0.3, -0.25) is 4.79 Å². The van der Waals surface area contributed by atoms with Crippen LogP contribution >= 0.6 is 0 Å². The summed E-state index contributed by atoms with van der Waals surface area (Å²) in [6.45, 7) is 3.11. The molecule has 1 heterocycles. The van der Waals surface area contributed by atoms with Crippen LogP contribution < -0.4 is 0 Å². The highest BCUT2D eigenvalue weighted by atomic mass is 32.2. The van der Waals surface area contributed by atoms with E-state index in [2.05, 4.69) is 6.92 Å². The zero-order valence-electron chi connectivity index (χ0n) is 12.8. The van der Waals surface area contributed by atoms with E-state index < -0.39 is 21.9 Å². The summed E-state index contributed by atoms with van der Waals surface area (Å²) in [5, 5.41) is 9.36. The molecule has 2 rings (SSSR count). The van der Waals surface area contributed by atoms with Gasteiger partial charge in [0, 0.05) is 13.1 Å². The average molecular weight is 325 g/mol. The number of carboxylic acid groups (broad SMARTS) is 1. The van der Waals surface area contributed by atoms with Gasteiger partial charge in [-0.1, -0.05) is 37.3 Å². The van der Waals surface area contributed by atoms with E-state index in [-0.39, 0.29) is 12.2 Å². The first kappa shape index (κ1) is 17.0. The van der Waals surface area contributed by atoms with Crippen LogP contribution in [0.5, 0.6) is 0 Å². The fourth-order valence-electron chi connectivity index (χ4n) is 2.74. The number of carboxylic acids is 1. The Bertz CT molecular complexity index is 592. The Balaban J connectivity index is 2.05. The van der Waals surface area contributed by atoms with Gasteiger partial charge in [-0.15, -0.1) is 0 Å². The Hall–Kier alpha value is -1.40. The molecule has 0 spiro atoms. The standard InChI is InChI=1S/C16H23NO4S/c1-13-7-9-17(10-8-13)22(20,21)12-15(16(18)19)11-14-5-3-2-4-6-14/h2-6,13,15H,7-12H2,1H3,(H,18,19). The van der Waals surface area contributed by atoms with Crippen molar-refractivity contribution >= 4 is 16.0 Å². The summed E-state index contributed by atoms with van der Waals surface area (Å²) in [7, 11) is -3.52. The number of aliphatic carboxylic acids is 1. The van der Waals surface area contributed by atoms with Crippen LogP contribution in [0.3, 0.4) is 0 Å². The molecule has 122 valence electrons. The van der Waals surface area contributed by atoms with Crippen LogP contribution in [-0.4, -0.2) is 42.6 Å². The van der Waals surface area contributed by atoms with E-state index in [4.69, 9.17) is 0 Å². The van der Waals surface area contributed by atoms with Crippen molar-refractivity contribution in [3.8, 4) is 0 Å². The summed E-state index contributed by atoms with van der Waals surface area (Å²) in [5.41, 5.74) is 0.845. The van der Waals surface area contributed by atoms with Crippen molar-refractivity contribution < 1.29 is 18.3 Å². The second-order valence-corrected chi connectivity index (χ2v) is 8.10. The maximum atomic E-state index is 12.5. The highest BCUT2D eigenvalue weighted by Gasteiger charge is 2.31. The van der Waals surface area contributed by atoms with Gasteiger partial charge < -0.3 is 5.11 Å². The molecule has 1 aliphatic rings. The molecule has 5 nitrogen and oxygen atoms in total. The van der Waals surface area contributed by atoms with Gasteiger partial charge in [0.05, 0.1) is 11.7 Å². The summed E-state index contributed by atoms with van der Waals surface area (Å²) < 4.78 is 26.4. The smallest absolute Gasteiger partial charge is 0.307 e. The Morgan fingerprint density at radius 2 is 1.86 bits per heavy atom. The number of piperidine rings is 1. The molecule has 0 bridgehead atoms. The zero-order chi connectivity index (χ0) is 16.2. The molecule has 1 aromatic rings. The van der Waals surface area contributed by atoms with E-state index in [1.54, 1.807) is 0 Å². The second kappa shape index (κ2) is 7.24. The van der Waals surface area contributed by atoms with Crippen LogP contribution in [0.15, 0.2) is 30.3 Å². The lowest BCUT2D eigenvalue weighted by Crippen LogP contribution is -2.42. The molecular formula is C16H23NO4S. The van der Waals surface area contributed by atoms with Crippen LogP contribution in [0, 0.1) is 11.8 Å². The van der Waals surface area contributed by atoms with Crippen molar-refractivity contribution in [3.05, 3.63) is 35.9 Å². The van der Waals surface area contributed by atoms with E-state index in [9.17, 15) is 18.3 Å². The van der Waals surface area contributed by atoms with Crippen LogP contribution in [0.1, 0.15) is 25.3 Å². The van der Waals surface area contributed by atoms with Crippen LogP contribution in [0.4, 0.5) is 0 Å². The number of hydrogen-bond acceptors (Lipinski definition) is 3. The van der Waals surface area contributed by atoms with Gasteiger partial charge in [-0.25, -0.2) is 12.7 Å². The van der Waals surface area contributed by atoms with E-state index in [1.165, 1.54) is 4.31 Å². The molecule has 0 amide bonds. The molecule has 1 fully saturated rings. The Morgan fingerprint density at radius 3 is 2.41 bits per heavy atom. The van der Waals surface area contributed by atoms with Crippen LogP contribution in [0.25, 0.3) is 0 Å². The van der Waals surface area contributed by atoms with Crippen molar-refractivity contribution in [1.82, 2.24) is 4.31 Å². The number of nitrogens with zero attached hydrogens (tertiary/aromatic N) is 1. The highest BCUT2D eigenvalue weighted by Crippen LogP contribution is 2.21. The summed E-state index contributed by atoms with van der Waals surface area (Å²) in [5.74, 6) is -1.76. The molecule has 0 radical (unpaired) electrons. The summed E-state index contributed by atoms with van der Waals surface area (Å²) >= 11 is 0. The summed E-state index contributed by atoms with van der Waals surface area (Å²) in [4.78, 5) is 11.4. The first-order valence-electron chi connectivity index (χ1n) is 7.63. The van der Waals surface area contributed by atoms with Gasteiger partial charge in [-0.05, 0) is 30.7 Å². The van der Waals surface area contributed by atoms with Gasteiger partial charge in [-0.2, -0.15) is 0 Å². The van der Waals surface area contributed by atoms with Crippen molar-refractivity contribution in [1.29, 1.82) is 0 Å². The second-order valence-electron chi connectivity index (χ2n) is 6.09. The normalized spacial score (nSPS) is 19.0. The molecule has 22 heavy (non-hydrogen) atoms. The summed E-state index contributed by atoms with van der Waals surface area (Å²) in [6, 6.07) is 9.16. The van der Waals surface area contributed by atoms with Gasteiger partial charge in [0.25, 0.3) is 0 Å². The minimum Gasteiger partial charge on any atom is -0.481 e. The molecule has 6 heteroatoms. The average Bonchev–Trinajstić information content (AvgIpc) is 2.48. The molecular weight excluding hydrogens is 302 g/mol. The summed E-state index contributed by atoms with van der Waals surface area (Å²) in [6.07, 6.45) is 1.92. The lowest BCUT2D eigenvalue weighted by Gasteiger charge is -2.30. The maximum Gasteiger partial charge on any atom is 0.307 e. The van der Waals surface area contributed by atoms with Crippen molar-refractivity contribution in [2.45, 2.75) is 26.2 Å². The predicted molar refractivity (Wildman–Crippen MR) is 85.0 cm³/mol. The Morgan fingerprint density at radius 1 is 1.27 bits per heavy atom. The Labute approximate surface area is 132 Å². The number of hydrogen-bond donors (Lipinski definition) is 1. The van der Waals surface area contributed by atoms with Gasteiger partial charge in [0.2, 0.25) is 10.0 Å². The van der Waals surface area contributed by atoms with Gasteiger partial charge in [0.1, 0.15) is 0 Å². The monoisotopic (exact) mass is 325 g/mol. The minimum atomic E-state index is -3.52. The zero-order valence-corrected chi connectivity index (χ0v) is 13.6. The van der Waals surface area contributed by atoms with Crippen molar-refractivity contribution in [3.63, 3.8) is 0 Å². The first-order chi connectivity index (χ1) is 10.4. The highest BCUT2D eigenvalue weighted by molar-refractivity contribution is 7.89. The molecule has 1 aromatic carbocycles. The lowest BCUT2D eigenvalue weighted by atomic mass is 10.0. The van der Waals surface area contributed by atoms with Gasteiger partial charge >= 0.3 is 5.97 Å². The SMILES string of the molecule is CC1CCN(S(=O)(=O)CC(Cc2ccccc2)C(=O)O)CC1. The van der Waals surface area contributed by atoms with E-state index >= 15 is 0 Å². The molecule has 0 saturated carbocycles. The fourth-order valence-corrected chi connectivity index (χ4v) is 4.49. The molecule has 0 aromatic heterocycles. The number of carbonyl (C=O) groups is 1. The van der Waals surface area contributed by atoms with E-state index in [0.717, 1.165) is 18.4 Å². The molecule has 1 unspecified atom stereocenters. The van der Waals surface area contributed by atoms with Crippen LogP contribution in [-0.2, 0) is 21.2 Å². The third-order valence-corrected chi connectivity index (χ3v) is 6.20. The molecule has 1 N–H and O–H groups in total. The van der Waals surface area contributed by atoms with Crippen molar-refractivity contribution in [2.24, 2.45) is 11.8 Å². The van der Waals surface area contributed by atoms with Crippen LogP contribution in [0.2, 0.25) is 0 Å². The third-order valence-electron chi connectivity index (χ3n) is 4.22. The van der Waals surface area contributed by atoms with Gasteiger partial charge in [0.15, 0.2) is 0 Å². The fraction of sp³-hybridized carbons (Fsp3) is 0.562. The third kappa shape index (κ3) is 4.55. The predicted octanol–water partition coefficient (Wildman–Crippen LogP) is 1.99. The Kier molecular flexibility index (Phi) is 5.58. The number of rotatable bonds is 6. The first-order valence-corrected chi connectivity index (χ1v) is 9.24. The number of sulfonamides is 1. The largest absolute Gasteiger partial charge is 0.481 e. The topological polar surface area (TPSA) is 74.7 Å². The quantitative estimate of drug-likeness (QED) is 0.868. The van der Waals surface area contributed by atoms with E-state index in [0.29, 0.717) is 19.0 Å². The number of benzene rings is 1. The maximum absolute atomic E-state index is 12.5. The minimum absolute atomic E-state index is 0.236. The molecule has 0 aliphatic carbocycles. The molecule has 1 saturated heterocycles. The lowest BCUT2D eigenvalue weighted by molar-refractivity contribution is -0.140. The molecule has 1 atom stereocenters. The van der Waals surface area contributed by atoms with E-state index in [1.807, 2.05) is 30.3 Å².